The van der Waals surface area contributed by atoms with Crippen molar-refractivity contribution in [2.24, 2.45) is 0 Å². The number of nitrogens with zero attached hydrogens (tertiary/aromatic N) is 3. The third-order valence-corrected chi connectivity index (χ3v) is 4.91. The fraction of sp³-hybridized carbons (Fsp3) is 0.316. The zero-order valence-electron chi connectivity index (χ0n) is 14.2. The number of hydrogen-bond donors (Lipinski definition) is 1. The molecule has 134 valence electrons. The Morgan fingerprint density at radius 3 is 2.77 bits per heavy atom. The van der Waals surface area contributed by atoms with Gasteiger partial charge >= 0.3 is 0 Å². The molecule has 1 fully saturated rings. The Labute approximate surface area is 156 Å². The Morgan fingerprint density at radius 2 is 2.04 bits per heavy atom. The topological polar surface area (TPSA) is 73.0 Å². The first-order valence-electron chi connectivity index (χ1n) is 8.69. The van der Waals surface area contributed by atoms with E-state index in [-0.39, 0.29) is 12.5 Å². The van der Waals surface area contributed by atoms with E-state index in [4.69, 9.17) is 16.0 Å². The standard InChI is InChI=1S/C19H19ClN4O2/c20-15-8-6-13(7-9-15)11-21-17(25)12-24-10-2-5-16(24)19-23-22-18(26-19)14-3-1-4-14/h2,5-10,14H,1,3-4,11-12H2,(H,21,25). The van der Waals surface area contributed by atoms with E-state index in [0.717, 1.165) is 24.1 Å². The highest BCUT2D eigenvalue weighted by Gasteiger charge is 2.26. The number of carbonyl (C=O) groups excluding carboxylic acids is 1. The van der Waals surface area contributed by atoms with Crippen LogP contribution in [-0.4, -0.2) is 20.7 Å². The molecular weight excluding hydrogens is 352 g/mol. The lowest BCUT2D eigenvalue weighted by Gasteiger charge is -2.20. The van der Waals surface area contributed by atoms with Crippen molar-refractivity contribution in [1.29, 1.82) is 0 Å². The SMILES string of the molecule is O=C(Cn1cccc1-c1nnc(C2CCC2)o1)NCc1ccc(Cl)cc1. The van der Waals surface area contributed by atoms with Crippen LogP contribution in [0.15, 0.2) is 47.0 Å². The van der Waals surface area contributed by atoms with Gasteiger partial charge in [0.15, 0.2) is 0 Å². The summed E-state index contributed by atoms with van der Waals surface area (Å²) in [6.45, 7) is 0.649. The third kappa shape index (κ3) is 3.65. The van der Waals surface area contributed by atoms with Crippen molar-refractivity contribution >= 4 is 17.5 Å². The van der Waals surface area contributed by atoms with Crippen molar-refractivity contribution in [3.8, 4) is 11.6 Å². The van der Waals surface area contributed by atoms with Crippen LogP contribution in [0.3, 0.4) is 0 Å². The van der Waals surface area contributed by atoms with Gasteiger partial charge in [-0.3, -0.25) is 4.79 Å². The van der Waals surface area contributed by atoms with Gasteiger partial charge in [-0.2, -0.15) is 0 Å². The van der Waals surface area contributed by atoms with Gasteiger partial charge < -0.3 is 14.3 Å². The molecule has 0 radical (unpaired) electrons. The van der Waals surface area contributed by atoms with E-state index in [1.165, 1.54) is 6.42 Å². The minimum Gasteiger partial charge on any atom is -0.419 e. The monoisotopic (exact) mass is 370 g/mol. The van der Waals surface area contributed by atoms with Gasteiger partial charge in [0.25, 0.3) is 5.89 Å². The lowest BCUT2D eigenvalue weighted by Crippen LogP contribution is -2.27. The van der Waals surface area contributed by atoms with Gasteiger partial charge in [0.1, 0.15) is 12.2 Å². The number of hydrogen-bond acceptors (Lipinski definition) is 4. The molecule has 1 N–H and O–H groups in total. The van der Waals surface area contributed by atoms with Crippen LogP contribution in [0.4, 0.5) is 0 Å². The molecule has 2 aromatic heterocycles. The summed E-state index contributed by atoms with van der Waals surface area (Å²) >= 11 is 5.87. The molecule has 1 aliphatic rings. The molecule has 0 unspecified atom stereocenters. The molecule has 2 heterocycles. The molecule has 1 amide bonds. The molecule has 3 aromatic rings. The molecule has 0 bridgehead atoms. The highest BCUT2D eigenvalue weighted by atomic mass is 35.5. The second-order valence-corrected chi connectivity index (χ2v) is 6.93. The number of rotatable bonds is 6. The molecule has 4 rings (SSSR count). The van der Waals surface area contributed by atoms with Crippen LogP contribution in [0.25, 0.3) is 11.6 Å². The normalized spacial score (nSPS) is 14.2. The number of aromatic nitrogens is 3. The van der Waals surface area contributed by atoms with Crippen molar-refractivity contribution in [2.75, 3.05) is 0 Å². The largest absolute Gasteiger partial charge is 0.419 e. The highest BCUT2D eigenvalue weighted by Crippen LogP contribution is 2.36. The molecule has 26 heavy (non-hydrogen) atoms. The van der Waals surface area contributed by atoms with E-state index in [2.05, 4.69) is 15.5 Å². The lowest BCUT2D eigenvalue weighted by molar-refractivity contribution is -0.121. The van der Waals surface area contributed by atoms with Gasteiger partial charge in [-0.25, -0.2) is 0 Å². The van der Waals surface area contributed by atoms with Crippen molar-refractivity contribution in [2.45, 2.75) is 38.3 Å². The maximum absolute atomic E-state index is 12.3. The summed E-state index contributed by atoms with van der Waals surface area (Å²) in [4.78, 5) is 12.3. The summed E-state index contributed by atoms with van der Waals surface area (Å²) in [5.41, 5.74) is 1.75. The van der Waals surface area contributed by atoms with Crippen molar-refractivity contribution < 1.29 is 9.21 Å². The Kier molecular flexibility index (Phi) is 4.75. The predicted octanol–water partition coefficient (Wildman–Crippen LogP) is 3.78. The Hall–Kier alpha value is -2.60. The minimum absolute atomic E-state index is 0.0869. The first-order valence-corrected chi connectivity index (χ1v) is 9.07. The van der Waals surface area contributed by atoms with Gasteiger partial charge in [0, 0.05) is 23.7 Å². The summed E-state index contributed by atoms with van der Waals surface area (Å²) in [6.07, 6.45) is 5.27. The van der Waals surface area contributed by atoms with Crippen molar-refractivity contribution in [3.63, 3.8) is 0 Å². The van der Waals surface area contributed by atoms with Crippen LogP contribution in [0.1, 0.15) is 36.6 Å². The predicted molar refractivity (Wildman–Crippen MR) is 97.6 cm³/mol. The molecule has 0 atom stereocenters. The van der Waals surface area contributed by atoms with Crippen LogP contribution in [0, 0.1) is 0 Å². The van der Waals surface area contributed by atoms with E-state index in [9.17, 15) is 4.79 Å². The fourth-order valence-corrected chi connectivity index (χ4v) is 3.04. The Morgan fingerprint density at radius 1 is 1.23 bits per heavy atom. The van der Waals surface area contributed by atoms with Gasteiger partial charge in [0.05, 0.1) is 0 Å². The molecule has 0 spiro atoms. The quantitative estimate of drug-likeness (QED) is 0.716. The second-order valence-electron chi connectivity index (χ2n) is 6.50. The summed E-state index contributed by atoms with van der Waals surface area (Å²) in [6, 6.07) is 11.2. The van der Waals surface area contributed by atoms with Gasteiger partial charge in [0.2, 0.25) is 11.8 Å². The highest BCUT2D eigenvalue weighted by molar-refractivity contribution is 6.30. The van der Waals surface area contributed by atoms with Crippen LogP contribution < -0.4 is 5.32 Å². The third-order valence-electron chi connectivity index (χ3n) is 4.66. The summed E-state index contributed by atoms with van der Waals surface area (Å²) in [5, 5.41) is 11.9. The van der Waals surface area contributed by atoms with Gasteiger partial charge in [-0.1, -0.05) is 30.2 Å². The Balaban J connectivity index is 1.39. The average molecular weight is 371 g/mol. The van der Waals surface area contributed by atoms with Crippen molar-refractivity contribution in [3.05, 3.63) is 59.1 Å². The molecule has 1 saturated carbocycles. The van der Waals surface area contributed by atoms with Crippen molar-refractivity contribution in [1.82, 2.24) is 20.1 Å². The fourth-order valence-electron chi connectivity index (χ4n) is 2.92. The van der Waals surface area contributed by atoms with E-state index in [1.807, 2.05) is 47.2 Å². The summed E-state index contributed by atoms with van der Waals surface area (Å²) in [7, 11) is 0. The number of halogens is 1. The average Bonchev–Trinajstić information content (AvgIpc) is 3.22. The van der Waals surface area contributed by atoms with E-state index >= 15 is 0 Å². The molecule has 0 saturated heterocycles. The van der Waals surface area contributed by atoms with Crippen LogP contribution in [0.2, 0.25) is 5.02 Å². The van der Waals surface area contributed by atoms with Gasteiger partial charge in [-0.15, -0.1) is 10.2 Å². The zero-order chi connectivity index (χ0) is 17.9. The number of benzene rings is 1. The molecule has 1 aliphatic carbocycles. The van der Waals surface area contributed by atoms with E-state index < -0.39 is 0 Å². The van der Waals surface area contributed by atoms with E-state index in [1.54, 1.807) is 0 Å². The lowest BCUT2D eigenvalue weighted by atomic mass is 9.85. The molecule has 6 nitrogen and oxygen atoms in total. The number of amides is 1. The van der Waals surface area contributed by atoms with Crippen LogP contribution >= 0.6 is 11.6 Å². The smallest absolute Gasteiger partial charge is 0.264 e. The molecule has 1 aromatic carbocycles. The molecular formula is C19H19ClN4O2. The first-order chi connectivity index (χ1) is 12.7. The molecule has 7 heteroatoms. The van der Waals surface area contributed by atoms with Crippen LogP contribution in [0.5, 0.6) is 0 Å². The first kappa shape index (κ1) is 16.8. The minimum atomic E-state index is -0.0869. The second kappa shape index (κ2) is 7.33. The number of nitrogens with one attached hydrogen (secondary N) is 1. The summed E-state index contributed by atoms with van der Waals surface area (Å²) in [5.74, 6) is 1.46. The van der Waals surface area contributed by atoms with Crippen LogP contribution in [-0.2, 0) is 17.9 Å². The maximum atomic E-state index is 12.3. The van der Waals surface area contributed by atoms with E-state index in [0.29, 0.717) is 29.3 Å². The molecule has 0 aliphatic heterocycles. The van der Waals surface area contributed by atoms with Gasteiger partial charge in [-0.05, 0) is 42.7 Å². The Bertz CT molecular complexity index is 896. The zero-order valence-corrected chi connectivity index (χ0v) is 14.9. The maximum Gasteiger partial charge on any atom is 0.264 e. The number of carbonyl (C=O) groups is 1. The summed E-state index contributed by atoms with van der Waals surface area (Å²) < 4.78 is 7.62.